The van der Waals surface area contributed by atoms with E-state index in [1.165, 1.54) is 12.1 Å². The van der Waals surface area contributed by atoms with Crippen LogP contribution in [0.15, 0.2) is 42.5 Å². The second kappa shape index (κ2) is 7.86. The molecule has 0 bridgehead atoms. The van der Waals surface area contributed by atoms with E-state index in [0.717, 1.165) is 31.3 Å². The van der Waals surface area contributed by atoms with Gasteiger partial charge >= 0.3 is 0 Å². The van der Waals surface area contributed by atoms with Crippen LogP contribution in [0.4, 0.5) is 8.78 Å². The molecule has 0 amide bonds. The van der Waals surface area contributed by atoms with Gasteiger partial charge in [-0.1, -0.05) is 38.1 Å². The normalized spacial score (nSPS) is 14.0. The Balaban J connectivity index is 2.15. The maximum Gasteiger partial charge on any atom is 0.133 e. The van der Waals surface area contributed by atoms with Gasteiger partial charge in [0.2, 0.25) is 0 Å². The van der Waals surface area contributed by atoms with Crippen LogP contribution < -0.4 is 0 Å². The molecule has 2 nitrogen and oxygen atoms in total. The van der Waals surface area contributed by atoms with Crippen molar-refractivity contribution in [1.29, 1.82) is 0 Å². The number of nitrogens with zero attached hydrogens (tertiary/aromatic N) is 1. The van der Waals surface area contributed by atoms with Crippen LogP contribution in [0.5, 0.6) is 0 Å². The summed E-state index contributed by atoms with van der Waals surface area (Å²) in [4.78, 5) is 2.26. The van der Waals surface area contributed by atoms with Gasteiger partial charge in [-0.3, -0.25) is 0 Å². The summed E-state index contributed by atoms with van der Waals surface area (Å²) >= 11 is 0. The molecule has 0 heterocycles. The van der Waals surface area contributed by atoms with E-state index in [-0.39, 0.29) is 0 Å². The maximum atomic E-state index is 13.9. The molecule has 0 aromatic heterocycles. The number of benzene rings is 2. The molecule has 2 aromatic carbocycles. The fourth-order valence-electron chi connectivity index (χ4n) is 2.79. The molecule has 130 valence electrons. The van der Waals surface area contributed by atoms with Gasteiger partial charge < -0.3 is 10.0 Å². The lowest BCUT2D eigenvalue weighted by molar-refractivity contribution is 0.0369. The molecule has 0 aliphatic rings. The van der Waals surface area contributed by atoms with Crippen molar-refractivity contribution in [1.82, 2.24) is 4.90 Å². The summed E-state index contributed by atoms with van der Waals surface area (Å²) < 4.78 is 26.9. The Labute approximate surface area is 142 Å². The lowest BCUT2D eigenvalue weighted by Gasteiger charge is -2.28. The number of hydrogen-bond acceptors (Lipinski definition) is 2. The van der Waals surface area contributed by atoms with Crippen LogP contribution in [0.1, 0.15) is 32.8 Å². The lowest BCUT2D eigenvalue weighted by atomic mass is 9.90. The van der Waals surface area contributed by atoms with Gasteiger partial charge in [-0.05, 0) is 49.7 Å². The highest BCUT2D eigenvalue weighted by atomic mass is 19.1. The van der Waals surface area contributed by atoms with E-state index >= 15 is 0 Å². The van der Waals surface area contributed by atoms with E-state index < -0.39 is 17.2 Å². The van der Waals surface area contributed by atoms with Crippen LogP contribution in [0.25, 0.3) is 11.1 Å². The number of rotatable bonds is 7. The zero-order valence-corrected chi connectivity index (χ0v) is 14.5. The van der Waals surface area contributed by atoms with Crippen LogP contribution in [-0.2, 0) is 5.60 Å². The molecule has 4 heteroatoms. The maximum absolute atomic E-state index is 13.9. The van der Waals surface area contributed by atoms with Gasteiger partial charge in [0.15, 0.2) is 0 Å². The van der Waals surface area contributed by atoms with Crippen molar-refractivity contribution in [2.75, 3.05) is 19.6 Å². The van der Waals surface area contributed by atoms with Crippen LogP contribution in [0.2, 0.25) is 0 Å². The van der Waals surface area contributed by atoms with Crippen molar-refractivity contribution in [3.63, 3.8) is 0 Å². The monoisotopic (exact) mass is 333 g/mol. The predicted octanol–water partition coefficient (Wildman–Crippen LogP) is 4.57. The number of hydrogen-bond donors (Lipinski definition) is 1. The number of aliphatic hydroxyl groups is 1. The minimum absolute atomic E-state index is 0.353. The first kappa shape index (κ1) is 18.6. The smallest absolute Gasteiger partial charge is 0.133 e. The number of halogens is 2. The minimum Gasteiger partial charge on any atom is -0.385 e. The first-order valence-corrected chi connectivity index (χ1v) is 8.38. The molecule has 0 saturated heterocycles. The summed E-state index contributed by atoms with van der Waals surface area (Å²) in [6.07, 6.45) is 0.624. The van der Waals surface area contributed by atoms with Crippen molar-refractivity contribution in [2.24, 2.45) is 0 Å². The fourth-order valence-corrected chi connectivity index (χ4v) is 2.79. The van der Waals surface area contributed by atoms with Gasteiger partial charge in [0, 0.05) is 18.2 Å². The van der Waals surface area contributed by atoms with Crippen molar-refractivity contribution >= 4 is 0 Å². The SMILES string of the molecule is CCN(CC)CCC(C)(O)c1ccc(-c2ccc(F)cc2F)cc1. The van der Waals surface area contributed by atoms with Crippen LogP contribution in [0.3, 0.4) is 0 Å². The summed E-state index contributed by atoms with van der Waals surface area (Å²) in [6.45, 7) is 8.72. The molecular weight excluding hydrogens is 308 g/mol. The molecule has 1 N–H and O–H groups in total. The fraction of sp³-hybridized carbons (Fsp3) is 0.400. The van der Waals surface area contributed by atoms with Gasteiger partial charge in [0.05, 0.1) is 5.60 Å². The molecule has 2 aromatic rings. The van der Waals surface area contributed by atoms with E-state index in [1.54, 1.807) is 31.2 Å². The standard InChI is InChI=1S/C20H25F2NO/c1-4-23(5-2)13-12-20(3,24)16-8-6-15(7-9-16)18-11-10-17(21)14-19(18)22/h6-11,14,24H,4-5,12-13H2,1-3H3. The molecule has 1 unspecified atom stereocenters. The first-order valence-electron chi connectivity index (χ1n) is 8.38. The molecule has 24 heavy (non-hydrogen) atoms. The van der Waals surface area contributed by atoms with E-state index in [4.69, 9.17) is 0 Å². The van der Waals surface area contributed by atoms with Crippen molar-refractivity contribution < 1.29 is 13.9 Å². The average molecular weight is 333 g/mol. The molecule has 0 radical (unpaired) electrons. The van der Waals surface area contributed by atoms with E-state index in [2.05, 4.69) is 18.7 Å². The summed E-state index contributed by atoms with van der Waals surface area (Å²) in [5.41, 5.74) is 0.866. The third kappa shape index (κ3) is 4.40. The topological polar surface area (TPSA) is 23.5 Å². The van der Waals surface area contributed by atoms with E-state index in [1.807, 2.05) is 0 Å². The zero-order chi connectivity index (χ0) is 17.7. The van der Waals surface area contributed by atoms with Gasteiger partial charge in [0.1, 0.15) is 11.6 Å². The first-order chi connectivity index (χ1) is 11.4. The Kier molecular flexibility index (Phi) is 6.08. The van der Waals surface area contributed by atoms with Crippen LogP contribution in [0, 0.1) is 11.6 Å². The molecule has 1 atom stereocenters. The van der Waals surface area contributed by atoms with Gasteiger partial charge in [-0.2, -0.15) is 0 Å². The van der Waals surface area contributed by atoms with Crippen molar-refractivity contribution in [3.8, 4) is 11.1 Å². The highest BCUT2D eigenvalue weighted by Gasteiger charge is 2.23. The minimum atomic E-state index is -0.942. The van der Waals surface area contributed by atoms with E-state index in [0.29, 0.717) is 17.5 Å². The Morgan fingerprint density at radius 2 is 1.62 bits per heavy atom. The largest absolute Gasteiger partial charge is 0.385 e. The molecule has 0 aliphatic carbocycles. The Hall–Kier alpha value is -1.78. The Morgan fingerprint density at radius 3 is 2.17 bits per heavy atom. The van der Waals surface area contributed by atoms with Crippen LogP contribution in [-0.4, -0.2) is 29.6 Å². The molecule has 0 aliphatic heterocycles. The molecule has 0 fully saturated rings. The quantitative estimate of drug-likeness (QED) is 0.802. The molecule has 2 rings (SSSR count). The third-order valence-electron chi connectivity index (χ3n) is 4.56. The predicted molar refractivity (Wildman–Crippen MR) is 93.8 cm³/mol. The summed E-state index contributed by atoms with van der Waals surface area (Å²) in [5, 5.41) is 10.7. The molecule has 0 spiro atoms. The molecule has 0 saturated carbocycles. The van der Waals surface area contributed by atoms with Gasteiger partial charge in [-0.25, -0.2) is 8.78 Å². The zero-order valence-electron chi connectivity index (χ0n) is 14.5. The second-order valence-corrected chi connectivity index (χ2v) is 6.25. The molecular formula is C20H25F2NO. The average Bonchev–Trinajstić information content (AvgIpc) is 2.56. The summed E-state index contributed by atoms with van der Waals surface area (Å²) in [6, 6.07) is 10.7. The van der Waals surface area contributed by atoms with E-state index in [9.17, 15) is 13.9 Å². The highest BCUT2D eigenvalue weighted by molar-refractivity contribution is 5.64. The Bertz CT molecular complexity index is 664. The van der Waals surface area contributed by atoms with Crippen LogP contribution >= 0.6 is 0 Å². The second-order valence-electron chi connectivity index (χ2n) is 6.25. The van der Waals surface area contributed by atoms with Gasteiger partial charge in [0.25, 0.3) is 0 Å². The Morgan fingerprint density at radius 1 is 1.00 bits per heavy atom. The van der Waals surface area contributed by atoms with Crippen molar-refractivity contribution in [3.05, 3.63) is 59.7 Å². The highest BCUT2D eigenvalue weighted by Crippen LogP contribution is 2.29. The third-order valence-corrected chi connectivity index (χ3v) is 4.56. The van der Waals surface area contributed by atoms with Crippen molar-refractivity contribution in [2.45, 2.75) is 32.8 Å². The van der Waals surface area contributed by atoms with Gasteiger partial charge in [-0.15, -0.1) is 0 Å². The summed E-state index contributed by atoms with van der Waals surface area (Å²) in [7, 11) is 0. The lowest BCUT2D eigenvalue weighted by Crippen LogP contribution is -2.31. The summed E-state index contributed by atoms with van der Waals surface area (Å²) in [5.74, 6) is -1.18.